The molecule has 156 valence electrons. The molecule has 0 saturated carbocycles. The number of nitrogens with zero attached hydrogens (tertiary/aromatic N) is 3. The normalized spacial score (nSPS) is 19.3. The van der Waals surface area contributed by atoms with Crippen molar-refractivity contribution >= 4 is 17.5 Å². The molecule has 1 aliphatic rings. The highest BCUT2D eigenvalue weighted by Gasteiger charge is 2.31. The number of hydrogen-bond donors (Lipinski definition) is 1. The molecule has 2 aromatic rings. The molecule has 1 N–H and O–H groups in total. The molecule has 29 heavy (non-hydrogen) atoms. The third-order valence-electron chi connectivity index (χ3n) is 5.35. The van der Waals surface area contributed by atoms with E-state index in [0.717, 1.165) is 31.6 Å². The van der Waals surface area contributed by atoms with Crippen LogP contribution in [0.1, 0.15) is 35.3 Å². The summed E-state index contributed by atoms with van der Waals surface area (Å²) < 4.78 is 0. The first-order valence-corrected chi connectivity index (χ1v) is 10.6. The van der Waals surface area contributed by atoms with Crippen molar-refractivity contribution in [2.45, 2.75) is 30.9 Å². The Morgan fingerprint density at radius 2 is 1.79 bits per heavy atom. The number of alkyl halides is 1. The smallest absolute Gasteiger partial charge is 0.268 e. The van der Waals surface area contributed by atoms with Crippen LogP contribution in [0, 0.1) is 0 Å². The molecule has 0 aliphatic carbocycles. The van der Waals surface area contributed by atoms with Crippen LogP contribution in [0.25, 0.3) is 0 Å². The van der Waals surface area contributed by atoms with Crippen molar-refractivity contribution in [3.63, 3.8) is 0 Å². The van der Waals surface area contributed by atoms with Crippen LogP contribution >= 0.6 is 11.6 Å². The van der Waals surface area contributed by atoms with Crippen molar-refractivity contribution in [3.05, 3.63) is 71.8 Å². The molecule has 1 amide bonds. The van der Waals surface area contributed by atoms with Gasteiger partial charge in [-0.05, 0) is 37.6 Å². The number of benzene rings is 2. The summed E-state index contributed by atoms with van der Waals surface area (Å²) in [6.07, 6.45) is 0.341. The van der Waals surface area contributed by atoms with Crippen LogP contribution in [0.2, 0.25) is 0 Å². The molecule has 0 aromatic heterocycles. The highest BCUT2D eigenvalue weighted by atomic mass is 35.5. The number of likely N-dealkylation sites (N-methyl/N-ethyl adjacent to an activating group) is 1. The molecule has 3 atom stereocenters. The van der Waals surface area contributed by atoms with E-state index in [9.17, 15) is 9.90 Å². The predicted molar refractivity (Wildman–Crippen MR) is 117 cm³/mol. The Kier molecular flexibility index (Phi) is 7.67. The molecule has 0 radical (unpaired) electrons. The summed E-state index contributed by atoms with van der Waals surface area (Å²) in [4.78, 5) is 15.6. The maximum absolute atomic E-state index is 13.3. The second-order valence-electron chi connectivity index (χ2n) is 7.75. The van der Waals surface area contributed by atoms with Gasteiger partial charge in [0.15, 0.2) is 0 Å². The second kappa shape index (κ2) is 10.2. The zero-order chi connectivity index (χ0) is 20.8. The summed E-state index contributed by atoms with van der Waals surface area (Å²) in [6, 6.07) is 19.4. The Morgan fingerprint density at radius 3 is 2.34 bits per heavy atom. The molecule has 0 unspecified atom stereocenters. The molecule has 0 bridgehead atoms. The zero-order valence-corrected chi connectivity index (χ0v) is 17.9. The van der Waals surface area contributed by atoms with Crippen LogP contribution in [0.15, 0.2) is 60.7 Å². The molecule has 1 saturated heterocycles. The van der Waals surface area contributed by atoms with Gasteiger partial charge in [-0.2, -0.15) is 0 Å². The Labute approximate surface area is 178 Å². The van der Waals surface area contributed by atoms with Gasteiger partial charge in [0.05, 0.1) is 18.7 Å². The number of rotatable bonds is 8. The molecular formula is C23H30ClN3O2. The first kappa shape index (κ1) is 21.8. The number of hydrazine groups is 1. The highest BCUT2D eigenvalue weighted by molar-refractivity contribution is 6.20. The number of aliphatic hydroxyl groups excluding tert-OH is 1. The fraction of sp³-hybridized carbons (Fsp3) is 0.435. The molecule has 1 heterocycles. The van der Waals surface area contributed by atoms with Gasteiger partial charge in [-0.25, -0.2) is 5.01 Å². The Morgan fingerprint density at radius 1 is 1.17 bits per heavy atom. The lowest BCUT2D eigenvalue weighted by Gasteiger charge is -2.40. The fourth-order valence-corrected chi connectivity index (χ4v) is 4.11. The lowest BCUT2D eigenvalue weighted by atomic mass is 10.1. The average molecular weight is 416 g/mol. The fourth-order valence-electron chi connectivity index (χ4n) is 3.81. The van der Waals surface area contributed by atoms with Gasteiger partial charge in [0.2, 0.25) is 0 Å². The van der Waals surface area contributed by atoms with Crippen molar-refractivity contribution in [1.29, 1.82) is 0 Å². The van der Waals surface area contributed by atoms with E-state index in [1.54, 1.807) is 24.1 Å². The molecule has 5 nitrogen and oxygen atoms in total. The van der Waals surface area contributed by atoms with E-state index in [2.05, 4.69) is 17.0 Å². The summed E-state index contributed by atoms with van der Waals surface area (Å²) >= 11 is 6.32. The third-order valence-corrected chi connectivity index (χ3v) is 5.71. The van der Waals surface area contributed by atoms with Crippen molar-refractivity contribution in [2.75, 3.05) is 33.2 Å². The van der Waals surface area contributed by atoms with Crippen LogP contribution in [0.4, 0.5) is 0 Å². The quantitative estimate of drug-likeness (QED) is 0.530. The monoisotopic (exact) mass is 415 g/mol. The van der Waals surface area contributed by atoms with E-state index >= 15 is 0 Å². The summed E-state index contributed by atoms with van der Waals surface area (Å²) in [5.74, 6) is -0.119. The van der Waals surface area contributed by atoms with E-state index in [0.29, 0.717) is 5.56 Å². The molecular weight excluding hydrogens is 386 g/mol. The van der Waals surface area contributed by atoms with Crippen molar-refractivity contribution < 1.29 is 9.90 Å². The minimum absolute atomic E-state index is 0.0374. The van der Waals surface area contributed by atoms with Gasteiger partial charge < -0.3 is 5.11 Å². The predicted octanol–water partition coefficient (Wildman–Crippen LogP) is 3.41. The van der Waals surface area contributed by atoms with E-state index < -0.39 is 6.10 Å². The number of halogens is 1. The highest BCUT2D eigenvalue weighted by Crippen LogP contribution is 2.26. The van der Waals surface area contributed by atoms with Crippen molar-refractivity contribution in [1.82, 2.24) is 14.9 Å². The van der Waals surface area contributed by atoms with Gasteiger partial charge in [-0.3, -0.25) is 14.7 Å². The summed E-state index contributed by atoms with van der Waals surface area (Å²) in [5.41, 5.74) is 1.73. The summed E-state index contributed by atoms with van der Waals surface area (Å²) in [6.45, 7) is 4.50. The van der Waals surface area contributed by atoms with Gasteiger partial charge in [0, 0.05) is 31.1 Å². The van der Waals surface area contributed by atoms with E-state index in [4.69, 9.17) is 11.6 Å². The zero-order valence-electron chi connectivity index (χ0n) is 17.1. The number of amides is 1. The molecule has 6 heteroatoms. The molecule has 0 spiro atoms. The van der Waals surface area contributed by atoms with Crippen LogP contribution in [0.3, 0.4) is 0 Å². The number of carbonyl (C=O) groups is 1. The summed E-state index contributed by atoms with van der Waals surface area (Å²) in [5, 5.41) is 13.9. The van der Waals surface area contributed by atoms with Crippen LogP contribution in [-0.2, 0) is 0 Å². The van der Waals surface area contributed by atoms with Crippen LogP contribution < -0.4 is 0 Å². The largest absolute Gasteiger partial charge is 0.392 e. The van der Waals surface area contributed by atoms with Crippen molar-refractivity contribution in [3.8, 4) is 0 Å². The molecule has 3 rings (SSSR count). The summed E-state index contributed by atoms with van der Waals surface area (Å²) in [7, 11) is 1.93. The Bertz CT molecular complexity index is 772. The molecule has 1 fully saturated rings. The SMILES string of the molecule is C[C@H](O)CN(C(=O)c1ccccc1)N(C)[C@H](CN1CC[C@H](Cl)C1)c1ccccc1. The van der Waals surface area contributed by atoms with E-state index in [1.165, 1.54) is 0 Å². The lowest BCUT2D eigenvalue weighted by Crippen LogP contribution is -2.51. The number of carbonyl (C=O) groups excluding carboxylic acids is 1. The van der Waals surface area contributed by atoms with E-state index in [1.807, 2.05) is 48.5 Å². The van der Waals surface area contributed by atoms with Crippen LogP contribution in [0.5, 0.6) is 0 Å². The minimum atomic E-state index is -0.638. The standard InChI is InChI=1S/C23H30ClN3O2/c1-18(28)15-27(23(29)20-11-7-4-8-12-20)25(2)22(19-9-5-3-6-10-19)17-26-14-13-21(24)16-26/h3-12,18,21-22,28H,13-17H2,1-2H3/t18-,21-,22+/m0/s1. The maximum atomic E-state index is 13.3. The van der Waals surface area contributed by atoms with Gasteiger partial charge >= 0.3 is 0 Å². The van der Waals surface area contributed by atoms with E-state index in [-0.39, 0.29) is 23.9 Å². The van der Waals surface area contributed by atoms with Gasteiger partial charge in [-0.15, -0.1) is 11.6 Å². The number of hydrogen-bond acceptors (Lipinski definition) is 4. The minimum Gasteiger partial charge on any atom is -0.392 e. The van der Waals surface area contributed by atoms with Crippen LogP contribution in [-0.4, -0.2) is 70.6 Å². The third kappa shape index (κ3) is 5.80. The lowest BCUT2D eigenvalue weighted by molar-refractivity contribution is -0.0457. The Hall–Kier alpha value is -1.92. The van der Waals surface area contributed by atoms with Crippen molar-refractivity contribution in [2.24, 2.45) is 0 Å². The number of likely N-dealkylation sites (tertiary alicyclic amines) is 1. The first-order chi connectivity index (χ1) is 14.0. The average Bonchev–Trinajstić information content (AvgIpc) is 3.15. The molecule has 2 aromatic carbocycles. The maximum Gasteiger partial charge on any atom is 0.268 e. The first-order valence-electron chi connectivity index (χ1n) is 10.1. The number of aliphatic hydroxyl groups is 1. The molecule has 1 aliphatic heterocycles. The van der Waals surface area contributed by atoms with Gasteiger partial charge in [0.1, 0.15) is 0 Å². The van der Waals surface area contributed by atoms with Gasteiger partial charge in [-0.1, -0.05) is 48.5 Å². The second-order valence-corrected chi connectivity index (χ2v) is 8.37. The Balaban J connectivity index is 1.89. The topological polar surface area (TPSA) is 47.0 Å². The van der Waals surface area contributed by atoms with Gasteiger partial charge in [0.25, 0.3) is 5.91 Å².